The number of hydrogen-bond donors (Lipinski definition) is 7. The predicted octanol–water partition coefficient (Wildman–Crippen LogP) is -0.163. The van der Waals surface area contributed by atoms with Crippen molar-refractivity contribution in [2.75, 3.05) is 5.73 Å². The quantitative estimate of drug-likeness (QED) is 0.0726. The lowest BCUT2D eigenvalue weighted by Gasteiger charge is -2.27. The lowest BCUT2D eigenvalue weighted by Crippen LogP contribution is -2.36. The van der Waals surface area contributed by atoms with Gasteiger partial charge >= 0.3 is 40.5 Å². The van der Waals surface area contributed by atoms with Gasteiger partial charge in [0.05, 0.1) is 26.7 Å². The van der Waals surface area contributed by atoms with E-state index < -0.39 is 91.5 Å². The van der Waals surface area contributed by atoms with Gasteiger partial charge in [0.1, 0.15) is 36.3 Å². The molecule has 3 aromatic rings. The lowest BCUT2D eigenvalue weighted by atomic mass is 9.96. The fourth-order valence-corrected chi connectivity index (χ4v) is 7.47. The van der Waals surface area contributed by atoms with E-state index >= 15 is 0 Å². The van der Waals surface area contributed by atoms with Crippen LogP contribution in [0.25, 0.3) is 11.2 Å². The van der Waals surface area contributed by atoms with Gasteiger partial charge in [-0.05, 0) is 6.07 Å². The number of nitro groups is 3. The van der Waals surface area contributed by atoms with Crippen LogP contribution < -0.4 is 5.73 Å². The first-order chi connectivity index (χ1) is 21.1. The summed E-state index contributed by atoms with van der Waals surface area (Å²) in [6.45, 7) is 0. The number of aliphatic hydroxyl groups excluding tert-OH is 2. The van der Waals surface area contributed by atoms with Crippen LogP contribution in [0.3, 0.4) is 0 Å². The number of nitro benzene ring substituents is 3. The minimum absolute atomic E-state index is 0.0531. The van der Waals surface area contributed by atoms with Gasteiger partial charge in [0.25, 0.3) is 0 Å². The van der Waals surface area contributed by atoms with Crippen molar-refractivity contribution in [1.82, 2.24) is 19.5 Å². The number of hydrogen-bond acceptors (Lipinski definition) is 19. The second-order valence-corrected chi connectivity index (χ2v) is 13.2. The number of fused-ring (bicyclic) bond motifs is 1. The Morgan fingerprint density at radius 2 is 1.52 bits per heavy atom. The predicted molar refractivity (Wildman–Crippen MR) is 140 cm³/mol. The molecule has 0 spiro atoms. The highest BCUT2D eigenvalue weighted by Gasteiger charge is 2.54. The van der Waals surface area contributed by atoms with Crippen LogP contribution in [-0.2, 0) is 31.6 Å². The van der Waals surface area contributed by atoms with Gasteiger partial charge in [-0.2, -0.15) is 8.62 Å². The third-order valence-electron chi connectivity index (χ3n) is 5.93. The molecular weight excluding hydrogens is 701 g/mol. The zero-order valence-electron chi connectivity index (χ0n) is 21.7. The maximum absolute atomic E-state index is 12.8. The largest absolute Gasteiger partial charge is 0.490 e. The summed E-state index contributed by atoms with van der Waals surface area (Å²) in [5.74, 6) is -0.160. The molecule has 4 rings (SSSR count). The maximum Gasteiger partial charge on any atom is 0.490 e. The minimum Gasteiger partial charge on any atom is -0.387 e. The number of rotatable bonds is 12. The van der Waals surface area contributed by atoms with Gasteiger partial charge in [0, 0.05) is 6.07 Å². The van der Waals surface area contributed by atoms with E-state index in [1.807, 2.05) is 0 Å². The first-order valence-corrected chi connectivity index (χ1v) is 16.0. The highest BCUT2D eigenvalue weighted by Crippen LogP contribution is 2.68. The first-order valence-electron chi connectivity index (χ1n) is 11.5. The maximum atomic E-state index is 12.8. The Morgan fingerprint density at radius 1 is 0.891 bits per heavy atom. The third kappa shape index (κ3) is 7.06. The van der Waals surface area contributed by atoms with Gasteiger partial charge in [-0.15, -0.1) is 0 Å². The molecule has 3 unspecified atom stereocenters. The summed E-state index contributed by atoms with van der Waals surface area (Å²) < 4.78 is 54.2. The van der Waals surface area contributed by atoms with Gasteiger partial charge in [-0.25, -0.2) is 28.6 Å². The van der Waals surface area contributed by atoms with E-state index in [-0.39, 0.29) is 17.0 Å². The number of imidazole rings is 1. The van der Waals surface area contributed by atoms with Crippen LogP contribution in [0.1, 0.15) is 17.9 Å². The Hall–Kier alpha value is -3.94. The summed E-state index contributed by atoms with van der Waals surface area (Å²) in [5, 5.41) is 57.0. The van der Waals surface area contributed by atoms with Gasteiger partial charge in [0.2, 0.25) is 0 Å². The van der Waals surface area contributed by atoms with Crippen molar-refractivity contribution in [3.8, 4) is 0 Å². The van der Waals surface area contributed by atoms with Gasteiger partial charge in [-0.3, -0.25) is 39.4 Å². The van der Waals surface area contributed by atoms with Crippen LogP contribution in [0.5, 0.6) is 0 Å². The number of ether oxygens (including phenoxy) is 1. The molecule has 30 heteroatoms. The molecule has 7 atom stereocenters. The van der Waals surface area contributed by atoms with E-state index in [0.717, 1.165) is 17.2 Å². The molecule has 1 aromatic carbocycles. The molecule has 27 nitrogen and oxygen atoms in total. The van der Waals surface area contributed by atoms with Crippen molar-refractivity contribution in [1.29, 1.82) is 0 Å². The molecule has 0 amide bonds. The van der Waals surface area contributed by atoms with Crippen molar-refractivity contribution in [3.05, 3.63) is 60.7 Å². The Kier molecular flexibility index (Phi) is 9.37. The van der Waals surface area contributed by atoms with Gasteiger partial charge in [0.15, 0.2) is 17.7 Å². The summed E-state index contributed by atoms with van der Waals surface area (Å²) in [7, 11) is -18.4. The Bertz CT molecular complexity index is 1880. The van der Waals surface area contributed by atoms with E-state index in [1.54, 1.807) is 0 Å². The van der Waals surface area contributed by atoms with E-state index in [4.69, 9.17) is 24.8 Å². The SMILES string of the molecule is Nc1ncnc2c1ncn2[C@@H]1O[C@H](C(OP(=O)(O)OP(=O)(O)OP(=O)(O)O)c2ccc([N+](=O)[O-])c([N+](=O)[O-])c2[N+](=O)[O-])[C@@H](O)[C@H]1O. The average Bonchev–Trinajstić information content (AvgIpc) is 3.45. The van der Waals surface area contributed by atoms with E-state index in [0.29, 0.717) is 12.1 Å². The number of phosphoric acid groups is 3. The van der Waals surface area contributed by atoms with E-state index in [1.165, 1.54) is 0 Å². The molecule has 1 aliphatic rings. The van der Waals surface area contributed by atoms with Crippen molar-refractivity contribution in [3.63, 3.8) is 0 Å². The summed E-state index contributed by atoms with van der Waals surface area (Å²) >= 11 is 0. The second-order valence-electron chi connectivity index (χ2n) is 8.81. The summed E-state index contributed by atoms with van der Waals surface area (Å²) in [6.07, 6.45) is -9.43. The standard InChI is InChI=1S/C16H17N8O19P3/c17-14-7-15(19-3-18-14)21(4-20-7)16-11(26)10(25)13(40-16)12(41-45(36,37)43-46(38,39)42-44(33,34)35)5-1-2-6(22(27)28)9(24(31)32)8(5)23(29)30/h1-4,10-13,16,25-26H,(H,36,37)(H,38,39)(H2,17,18,19)(H2,33,34,35)/t10-,11+,12?,13-,16+/m0/s1. The molecule has 46 heavy (non-hydrogen) atoms. The minimum atomic E-state index is -6.30. The molecule has 1 aliphatic heterocycles. The Morgan fingerprint density at radius 3 is 2.09 bits per heavy atom. The molecular formula is C16H17N8O19P3. The summed E-state index contributed by atoms with van der Waals surface area (Å²) in [5.41, 5.74) is -0.732. The summed E-state index contributed by atoms with van der Waals surface area (Å²) in [6, 6.07) is 0.723. The van der Waals surface area contributed by atoms with Crippen molar-refractivity contribution in [2.45, 2.75) is 30.6 Å². The number of nitrogen functional groups attached to an aromatic ring is 1. The molecule has 2 aromatic heterocycles. The summed E-state index contributed by atoms with van der Waals surface area (Å²) in [4.78, 5) is 79.6. The smallest absolute Gasteiger partial charge is 0.387 e. The number of nitrogens with two attached hydrogens (primary N) is 1. The molecule has 0 radical (unpaired) electrons. The fourth-order valence-electron chi connectivity index (χ4n) is 4.29. The highest BCUT2D eigenvalue weighted by atomic mass is 31.3. The number of benzene rings is 1. The van der Waals surface area contributed by atoms with Crippen LogP contribution in [0.15, 0.2) is 24.8 Å². The van der Waals surface area contributed by atoms with Crippen molar-refractivity contribution >= 4 is 57.5 Å². The molecule has 250 valence electrons. The van der Waals surface area contributed by atoms with Gasteiger partial charge in [-0.1, -0.05) is 0 Å². The zero-order valence-corrected chi connectivity index (χ0v) is 24.4. The average molecular weight is 718 g/mol. The number of nitrogens with zero attached hydrogens (tertiary/aromatic N) is 7. The number of anilines is 1. The fraction of sp³-hybridized carbons (Fsp3) is 0.312. The molecule has 3 heterocycles. The first kappa shape index (κ1) is 34.9. The number of phosphoric ester groups is 1. The lowest BCUT2D eigenvalue weighted by molar-refractivity contribution is -0.441. The monoisotopic (exact) mass is 718 g/mol. The molecule has 8 N–H and O–H groups in total. The normalized spacial score (nSPS) is 23.4. The molecule has 1 fully saturated rings. The number of aromatic nitrogens is 4. The van der Waals surface area contributed by atoms with Gasteiger partial charge < -0.3 is 40.3 Å². The van der Waals surface area contributed by atoms with Crippen LogP contribution in [-0.4, -0.2) is 82.4 Å². The number of aliphatic hydroxyl groups is 2. The van der Waals surface area contributed by atoms with Crippen LogP contribution in [0, 0.1) is 30.3 Å². The zero-order chi connectivity index (χ0) is 34.5. The highest BCUT2D eigenvalue weighted by molar-refractivity contribution is 7.66. The Balaban J connectivity index is 1.89. The van der Waals surface area contributed by atoms with Crippen LogP contribution in [0.2, 0.25) is 0 Å². The molecule has 0 saturated carbocycles. The van der Waals surface area contributed by atoms with Crippen molar-refractivity contribution in [2.24, 2.45) is 0 Å². The topological polar surface area (TPSA) is 409 Å². The molecule has 0 bridgehead atoms. The van der Waals surface area contributed by atoms with E-state index in [2.05, 4.69) is 23.6 Å². The Labute approximate surface area is 250 Å². The van der Waals surface area contributed by atoms with Crippen LogP contribution in [0.4, 0.5) is 22.9 Å². The molecule has 0 aliphatic carbocycles. The van der Waals surface area contributed by atoms with Crippen LogP contribution >= 0.6 is 23.5 Å². The molecule has 1 saturated heterocycles. The van der Waals surface area contributed by atoms with E-state index in [9.17, 15) is 64.0 Å². The van der Waals surface area contributed by atoms with Crippen molar-refractivity contribution < 1.29 is 76.1 Å². The third-order valence-corrected chi connectivity index (χ3v) is 9.75. The second kappa shape index (κ2) is 12.3.